The van der Waals surface area contributed by atoms with Gasteiger partial charge < -0.3 is 24.8 Å². The Morgan fingerprint density at radius 2 is 0.750 bits per heavy atom. The molecule has 0 saturated heterocycles. The second kappa shape index (κ2) is 18.6. The number of rotatable bonds is 0. The van der Waals surface area contributed by atoms with Crippen LogP contribution in [0.2, 0.25) is 0 Å². The van der Waals surface area contributed by atoms with Crippen molar-refractivity contribution >= 4 is 0 Å². The molecule has 4 heteroatoms. The smallest absolute Gasteiger partial charge is 1.00 e. The maximum absolute atomic E-state index is 0. The largest absolute Gasteiger partial charge is 2.00 e. The predicted octanol–water partition coefficient (Wildman–Crippen LogP) is -5.99. The molecule has 0 saturated carbocycles. The van der Waals surface area contributed by atoms with E-state index in [0.717, 1.165) is 0 Å². The van der Waals surface area contributed by atoms with Crippen molar-refractivity contribution < 1.29 is 77.2 Å². The van der Waals surface area contributed by atoms with E-state index in [1.54, 1.807) is 0 Å². The van der Waals surface area contributed by atoms with Crippen LogP contribution in [-0.2, 0) is 16.8 Å². The van der Waals surface area contributed by atoms with Crippen LogP contribution in [0.15, 0.2) is 0 Å². The van der Waals surface area contributed by atoms with Crippen molar-refractivity contribution in [3.05, 3.63) is 0 Å². The zero-order valence-electron chi connectivity index (χ0n) is 1.67. The minimum atomic E-state index is 0. The van der Waals surface area contributed by atoms with E-state index < -0.39 is 0 Å². The molecule has 26 valence electrons. The van der Waals surface area contributed by atoms with Gasteiger partial charge >= 0.3 is 16.8 Å². The van der Waals surface area contributed by atoms with Crippen LogP contribution in [0, 0.1) is 35.6 Å². The number of hydrogen-bond acceptors (Lipinski definition) is 0. The Morgan fingerprint density at radius 3 is 0.750 bits per heavy atom. The van der Waals surface area contributed by atoms with Crippen molar-refractivity contribution in [2.45, 2.75) is 0 Å². The first-order valence-corrected chi connectivity index (χ1v) is 0. The zero-order valence-corrected chi connectivity index (χ0v) is 7.85. The van der Waals surface area contributed by atoms with Crippen LogP contribution in [0.1, 0.15) is 0 Å². The van der Waals surface area contributed by atoms with Crippen molar-refractivity contribution in [2.75, 3.05) is 0 Å². The van der Waals surface area contributed by atoms with E-state index in [1.165, 1.54) is 0 Å². The first kappa shape index (κ1) is 33.7. The van der Waals surface area contributed by atoms with Crippen molar-refractivity contribution in [3.8, 4) is 0 Å². The first-order chi connectivity index (χ1) is 0. The predicted molar refractivity (Wildman–Crippen MR) is 0 cm³/mol. The summed E-state index contributed by atoms with van der Waals surface area (Å²) >= 11 is 0. The third-order valence-corrected chi connectivity index (χ3v) is 0. The summed E-state index contributed by atoms with van der Waals surface area (Å²) in [6.07, 6.45) is 0. The third-order valence-electron chi connectivity index (χ3n) is 0. The van der Waals surface area contributed by atoms with Gasteiger partial charge in [-0.2, -0.15) is 0 Å². The van der Waals surface area contributed by atoms with Gasteiger partial charge in [-0.15, -0.1) is 0 Å². The van der Waals surface area contributed by atoms with E-state index in [0.29, 0.717) is 0 Å². The maximum Gasteiger partial charge on any atom is 2.00 e. The average Bonchev–Trinajstić information content (AvgIpc) is 0. The Kier molecular flexibility index (Phi) is 157. The molecule has 0 bridgehead atoms. The molecule has 2 radical (unpaired) electrons. The monoisotopic (exact) mass is 268 g/mol. The van der Waals surface area contributed by atoms with Gasteiger partial charge in [0.15, 0.2) is 0 Å². The van der Waals surface area contributed by atoms with E-state index in [1.807, 2.05) is 0 Å². The van der Waals surface area contributed by atoms with E-state index in [4.69, 9.17) is 0 Å². The molecule has 0 aromatic rings. The molecule has 0 nitrogen and oxygen atoms in total. The maximum atomic E-state index is 0. The second-order valence-corrected chi connectivity index (χ2v) is 0. The van der Waals surface area contributed by atoms with Gasteiger partial charge in [0, 0.05) is 35.6 Å². The Labute approximate surface area is 76.1 Å². The summed E-state index contributed by atoms with van der Waals surface area (Å²) in [6.45, 7) is 0. The molecule has 0 unspecified atom stereocenters. The molecule has 0 atom stereocenters. The van der Waals surface area contributed by atoms with Gasteiger partial charge in [0.2, 0.25) is 0 Å². The average molecular weight is 269 g/mol. The zero-order chi connectivity index (χ0) is 0. The molecular weight excluding hydrogens is 269 g/mol. The molecular formula is Cl2CoLa. The van der Waals surface area contributed by atoms with Gasteiger partial charge in [0.25, 0.3) is 0 Å². The molecule has 0 N–H and O–H groups in total. The van der Waals surface area contributed by atoms with Crippen LogP contribution < -0.4 is 24.8 Å². The molecule has 0 heterocycles. The Balaban J connectivity index is 0. The van der Waals surface area contributed by atoms with Gasteiger partial charge in [-0.25, -0.2) is 0 Å². The fourth-order valence-corrected chi connectivity index (χ4v) is 0. The fraction of sp³-hybridized carbons (Fsp3) is 0. The number of hydrogen-bond donors (Lipinski definition) is 0. The minimum absolute atomic E-state index is 0. The molecule has 0 rings (SSSR count). The summed E-state index contributed by atoms with van der Waals surface area (Å²) in [6, 6.07) is 0. The molecule has 0 aromatic heterocycles. The topological polar surface area (TPSA) is 0 Å². The third kappa shape index (κ3) is 8.86. The van der Waals surface area contributed by atoms with Crippen LogP contribution in [0.5, 0.6) is 0 Å². The molecule has 0 aromatic carbocycles. The van der Waals surface area contributed by atoms with E-state index in [9.17, 15) is 0 Å². The van der Waals surface area contributed by atoms with Crippen LogP contribution in [0.3, 0.4) is 0 Å². The van der Waals surface area contributed by atoms with Crippen LogP contribution in [0.25, 0.3) is 0 Å². The van der Waals surface area contributed by atoms with E-state index in [2.05, 4.69) is 0 Å². The van der Waals surface area contributed by atoms with Crippen LogP contribution in [-0.4, -0.2) is 0 Å². The minimum Gasteiger partial charge on any atom is -1.00 e. The van der Waals surface area contributed by atoms with Crippen LogP contribution in [0.4, 0.5) is 0 Å². The summed E-state index contributed by atoms with van der Waals surface area (Å²) in [5.41, 5.74) is 0. The van der Waals surface area contributed by atoms with Gasteiger partial charge in [-0.3, -0.25) is 0 Å². The van der Waals surface area contributed by atoms with E-state index >= 15 is 0 Å². The molecule has 0 aliphatic heterocycles. The fourth-order valence-electron chi connectivity index (χ4n) is 0. The van der Waals surface area contributed by atoms with Crippen LogP contribution >= 0.6 is 0 Å². The molecule has 0 fully saturated rings. The quantitative estimate of drug-likeness (QED) is 0.411. The van der Waals surface area contributed by atoms with Gasteiger partial charge in [-0.1, -0.05) is 0 Å². The molecule has 0 amide bonds. The van der Waals surface area contributed by atoms with Gasteiger partial charge in [-0.05, 0) is 0 Å². The van der Waals surface area contributed by atoms with Crippen molar-refractivity contribution in [1.29, 1.82) is 0 Å². The summed E-state index contributed by atoms with van der Waals surface area (Å²) in [7, 11) is 0. The first-order valence-electron chi connectivity index (χ1n) is 0. The standard InChI is InChI=1S/2ClH.Co.La/h2*1H;;/q;;+2;/p-2. The van der Waals surface area contributed by atoms with E-state index in [-0.39, 0.29) is 77.2 Å². The van der Waals surface area contributed by atoms with Gasteiger partial charge in [0.1, 0.15) is 0 Å². The number of halogens is 2. The SMILES string of the molecule is [Cl-].[Cl-].[Co+2].[La]. The molecule has 4 heavy (non-hydrogen) atoms. The summed E-state index contributed by atoms with van der Waals surface area (Å²) in [5.74, 6) is 0. The summed E-state index contributed by atoms with van der Waals surface area (Å²) in [5, 5.41) is 0. The Bertz CT molecular complexity index is 6.00. The molecule has 0 spiro atoms. The Morgan fingerprint density at radius 1 is 0.750 bits per heavy atom. The van der Waals surface area contributed by atoms with Crippen molar-refractivity contribution in [1.82, 2.24) is 0 Å². The summed E-state index contributed by atoms with van der Waals surface area (Å²) < 4.78 is 0. The molecule has 0 aliphatic rings. The Hall–Kier alpha value is 2.28. The second-order valence-electron chi connectivity index (χ2n) is 0. The summed E-state index contributed by atoms with van der Waals surface area (Å²) in [4.78, 5) is 0. The molecule has 0 aliphatic carbocycles. The van der Waals surface area contributed by atoms with Gasteiger partial charge in [0.05, 0.1) is 0 Å². The van der Waals surface area contributed by atoms with Crippen molar-refractivity contribution in [2.24, 2.45) is 0 Å². The normalized spacial score (nSPS) is 0. The van der Waals surface area contributed by atoms with Crippen molar-refractivity contribution in [3.63, 3.8) is 0 Å².